The molecule has 10 atom stereocenters. The summed E-state index contributed by atoms with van der Waals surface area (Å²) in [5.74, 6) is 5.51. The van der Waals surface area contributed by atoms with Crippen molar-refractivity contribution >= 4 is 5.97 Å². The van der Waals surface area contributed by atoms with E-state index in [1.54, 1.807) is 0 Å². The van der Waals surface area contributed by atoms with Crippen LogP contribution in [0.2, 0.25) is 0 Å². The van der Waals surface area contributed by atoms with E-state index in [0.29, 0.717) is 17.8 Å². The Kier molecular flexibility index (Phi) is 7.60. The maximum Gasteiger partial charge on any atom is 0.305 e. The van der Waals surface area contributed by atoms with Gasteiger partial charge in [-0.05, 0) is 110 Å². The highest BCUT2D eigenvalue weighted by Gasteiger charge is 2.62. The van der Waals surface area contributed by atoms with Gasteiger partial charge >= 0.3 is 5.97 Å². The summed E-state index contributed by atoms with van der Waals surface area (Å²) in [7, 11) is 1.48. The highest BCUT2D eigenvalue weighted by Crippen LogP contribution is 2.69. The van der Waals surface area contributed by atoms with Gasteiger partial charge in [-0.2, -0.15) is 0 Å². The Balaban J connectivity index is 1.48. The normalized spacial score (nSPS) is 45.8. The minimum absolute atomic E-state index is 0.0859. The first-order valence-electron chi connectivity index (χ1n) is 14.4. The third-order valence-electron chi connectivity index (χ3n) is 11.8. The molecule has 0 spiro atoms. The first kappa shape index (κ1) is 25.5. The van der Waals surface area contributed by atoms with Gasteiger partial charge in [0.15, 0.2) is 0 Å². The molecule has 3 heteroatoms. The summed E-state index contributed by atoms with van der Waals surface area (Å²) in [6, 6.07) is 0. The zero-order valence-corrected chi connectivity index (χ0v) is 22.4. The minimum Gasteiger partial charge on any atom is -0.469 e. The molecule has 0 bridgehead atoms. The Morgan fingerprint density at radius 1 is 0.909 bits per heavy atom. The Labute approximate surface area is 203 Å². The number of hydrogen-bond acceptors (Lipinski definition) is 3. The van der Waals surface area contributed by atoms with Crippen molar-refractivity contribution in [3.05, 3.63) is 0 Å². The average molecular weight is 461 g/mol. The van der Waals surface area contributed by atoms with Crippen molar-refractivity contribution in [3.63, 3.8) is 0 Å². The SMILES string of the molecule is COC(=O)C[C@H]1C2CCC3C(CC[C@@]4(C)C3CC[C@@H]4[C@H](C)CCCC(C)C)[C@@]2(C)CC[C@@H]1O. The van der Waals surface area contributed by atoms with Crippen LogP contribution >= 0.6 is 0 Å². The quantitative estimate of drug-likeness (QED) is 0.407. The maximum absolute atomic E-state index is 12.2. The second-order valence-corrected chi connectivity index (χ2v) is 13.6. The van der Waals surface area contributed by atoms with E-state index in [2.05, 4.69) is 34.6 Å². The van der Waals surface area contributed by atoms with Crippen LogP contribution in [0.15, 0.2) is 0 Å². The van der Waals surface area contributed by atoms with Gasteiger partial charge in [0.1, 0.15) is 0 Å². The number of ether oxygens (including phenoxy) is 1. The third-order valence-corrected chi connectivity index (χ3v) is 11.8. The van der Waals surface area contributed by atoms with Crippen LogP contribution in [0.1, 0.15) is 112 Å². The van der Waals surface area contributed by atoms with Crippen molar-refractivity contribution < 1.29 is 14.6 Å². The number of methoxy groups -OCH3 is 1. The third kappa shape index (κ3) is 4.54. The number of esters is 1. The number of aliphatic hydroxyl groups is 1. The lowest BCUT2D eigenvalue weighted by Gasteiger charge is -2.62. The Bertz CT molecular complexity index is 688. The lowest BCUT2D eigenvalue weighted by atomic mass is 9.43. The van der Waals surface area contributed by atoms with E-state index in [1.807, 2.05) is 0 Å². The molecule has 0 saturated heterocycles. The van der Waals surface area contributed by atoms with Gasteiger partial charge in [-0.1, -0.05) is 53.9 Å². The molecule has 4 saturated carbocycles. The molecule has 0 radical (unpaired) electrons. The number of fused-ring (bicyclic) bond motifs is 5. The van der Waals surface area contributed by atoms with Gasteiger partial charge < -0.3 is 9.84 Å². The average Bonchev–Trinajstić information content (AvgIpc) is 3.13. The molecule has 4 unspecified atom stereocenters. The molecule has 0 aromatic rings. The van der Waals surface area contributed by atoms with Crippen molar-refractivity contribution in [3.8, 4) is 0 Å². The fraction of sp³-hybridized carbons (Fsp3) is 0.967. The Morgan fingerprint density at radius 2 is 1.58 bits per heavy atom. The van der Waals surface area contributed by atoms with E-state index in [0.717, 1.165) is 48.3 Å². The van der Waals surface area contributed by atoms with Crippen LogP contribution in [-0.4, -0.2) is 24.3 Å². The molecule has 0 heterocycles. The van der Waals surface area contributed by atoms with Crippen LogP contribution in [0.4, 0.5) is 0 Å². The summed E-state index contributed by atoms with van der Waals surface area (Å²) < 4.78 is 5.02. The predicted octanol–water partition coefficient (Wildman–Crippen LogP) is 7.26. The van der Waals surface area contributed by atoms with E-state index < -0.39 is 0 Å². The number of aliphatic hydroxyl groups excluding tert-OH is 1. The number of hydrogen-bond donors (Lipinski definition) is 1. The topological polar surface area (TPSA) is 46.5 Å². The second kappa shape index (κ2) is 9.82. The summed E-state index contributed by atoms with van der Waals surface area (Å²) in [4.78, 5) is 12.2. The standard InChI is InChI=1S/C30H52O3/c1-19(2)8-7-9-20(3)23-12-13-24-21-10-11-25-22(18-28(32)33-6)27(31)15-17-30(25,5)26(21)14-16-29(23,24)4/h19-27,31H,7-18H2,1-6H3/t20-,21?,22+,23-,24?,25?,26?,27+,29-,30+/m1/s1. The molecule has 0 aliphatic heterocycles. The smallest absolute Gasteiger partial charge is 0.305 e. The largest absolute Gasteiger partial charge is 0.469 e. The molecule has 0 amide bonds. The van der Waals surface area contributed by atoms with Crippen LogP contribution in [0.25, 0.3) is 0 Å². The van der Waals surface area contributed by atoms with Gasteiger partial charge in [-0.25, -0.2) is 0 Å². The van der Waals surface area contributed by atoms with Crippen LogP contribution in [0.3, 0.4) is 0 Å². The summed E-state index contributed by atoms with van der Waals surface area (Å²) in [6.45, 7) is 12.5. The second-order valence-electron chi connectivity index (χ2n) is 13.6. The van der Waals surface area contributed by atoms with Crippen molar-refractivity contribution in [2.75, 3.05) is 7.11 Å². The molecule has 1 N–H and O–H groups in total. The zero-order chi connectivity index (χ0) is 24.0. The maximum atomic E-state index is 12.2. The fourth-order valence-corrected chi connectivity index (χ4v) is 10.1. The van der Waals surface area contributed by atoms with E-state index in [1.165, 1.54) is 64.9 Å². The molecule has 0 aromatic carbocycles. The van der Waals surface area contributed by atoms with E-state index in [4.69, 9.17) is 4.74 Å². The summed E-state index contributed by atoms with van der Waals surface area (Å²) >= 11 is 0. The van der Waals surface area contributed by atoms with Crippen LogP contribution in [0, 0.1) is 58.2 Å². The Hall–Kier alpha value is -0.570. The van der Waals surface area contributed by atoms with Crippen LogP contribution < -0.4 is 0 Å². The summed E-state index contributed by atoms with van der Waals surface area (Å²) in [5, 5.41) is 10.8. The van der Waals surface area contributed by atoms with Gasteiger partial charge in [0.25, 0.3) is 0 Å². The predicted molar refractivity (Wildman–Crippen MR) is 135 cm³/mol. The Morgan fingerprint density at radius 3 is 2.27 bits per heavy atom. The van der Waals surface area contributed by atoms with Crippen molar-refractivity contribution in [2.45, 2.75) is 118 Å². The molecule has 4 fully saturated rings. The number of carbonyl (C=O) groups is 1. The number of rotatable bonds is 7. The van der Waals surface area contributed by atoms with Crippen molar-refractivity contribution in [1.29, 1.82) is 0 Å². The van der Waals surface area contributed by atoms with Gasteiger partial charge in [0.2, 0.25) is 0 Å². The highest BCUT2D eigenvalue weighted by molar-refractivity contribution is 5.69. The van der Waals surface area contributed by atoms with E-state index >= 15 is 0 Å². The number of carbonyl (C=O) groups excluding carboxylic acids is 1. The minimum atomic E-state index is -0.338. The molecule has 3 nitrogen and oxygen atoms in total. The van der Waals surface area contributed by atoms with Crippen LogP contribution in [-0.2, 0) is 9.53 Å². The van der Waals surface area contributed by atoms with E-state index in [-0.39, 0.29) is 23.4 Å². The van der Waals surface area contributed by atoms with E-state index in [9.17, 15) is 9.90 Å². The van der Waals surface area contributed by atoms with Gasteiger partial charge in [-0.3, -0.25) is 4.79 Å². The molecular formula is C30H52O3. The van der Waals surface area contributed by atoms with Crippen molar-refractivity contribution in [2.24, 2.45) is 58.2 Å². The summed E-state index contributed by atoms with van der Waals surface area (Å²) in [6.07, 6.45) is 14.4. The monoisotopic (exact) mass is 460 g/mol. The molecular weight excluding hydrogens is 408 g/mol. The highest BCUT2D eigenvalue weighted by atomic mass is 16.5. The van der Waals surface area contributed by atoms with Crippen LogP contribution in [0.5, 0.6) is 0 Å². The van der Waals surface area contributed by atoms with Crippen molar-refractivity contribution in [1.82, 2.24) is 0 Å². The molecule has 4 aliphatic rings. The molecule has 190 valence electrons. The van der Waals surface area contributed by atoms with Gasteiger partial charge in [0.05, 0.1) is 19.6 Å². The summed E-state index contributed by atoms with van der Waals surface area (Å²) in [5.41, 5.74) is 0.810. The lowest BCUT2D eigenvalue weighted by molar-refractivity contribution is -0.164. The van der Waals surface area contributed by atoms with Gasteiger partial charge in [0, 0.05) is 0 Å². The molecule has 4 rings (SSSR count). The molecule has 33 heavy (non-hydrogen) atoms. The molecule has 4 aliphatic carbocycles. The van der Waals surface area contributed by atoms with Gasteiger partial charge in [-0.15, -0.1) is 0 Å². The first-order chi connectivity index (χ1) is 15.6. The zero-order valence-electron chi connectivity index (χ0n) is 22.4. The fourth-order valence-electron chi connectivity index (χ4n) is 10.1. The first-order valence-corrected chi connectivity index (χ1v) is 14.4. The lowest BCUT2D eigenvalue weighted by Crippen LogP contribution is -2.57. The molecule has 0 aromatic heterocycles.